The molecule has 0 bridgehead atoms. The molecule has 3 amide bonds. The molecule has 0 saturated heterocycles. The number of carbonyl (C=O) groups is 3. The fraction of sp³-hybridized carbons (Fsp3) is 0.500. The number of carbonyl (C=O) groups excluding carboxylic acids is 3. The lowest BCUT2D eigenvalue weighted by Gasteiger charge is -2.27. The van der Waals surface area contributed by atoms with Crippen LogP contribution in [-0.4, -0.2) is 56.3 Å². The van der Waals surface area contributed by atoms with E-state index in [1.807, 2.05) is 6.92 Å². The molecule has 2 aliphatic rings. The van der Waals surface area contributed by atoms with Crippen LogP contribution in [0.25, 0.3) is 0 Å². The molecule has 0 unspecified atom stereocenters. The molecule has 222 valence electrons. The minimum atomic E-state index is -3.72. The second-order valence-corrected chi connectivity index (χ2v) is 12.7. The molecule has 1 aliphatic heterocycles. The molecule has 9 nitrogen and oxygen atoms in total. The number of anilines is 1. The summed E-state index contributed by atoms with van der Waals surface area (Å²) in [5, 5.41) is 2.67. The Morgan fingerprint density at radius 2 is 1.66 bits per heavy atom. The lowest BCUT2D eigenvalue weighted by atomic mass is 9.97. The van der Waals surface area contributed by atoms with Gasteiger partial charge in [-0.15, -0.1) is 0 Å². The van der Waals surface area contributed by atoms with Crippen molar-refractivity contribution < 1.29 is 36.7 Å². The molecule has 2 aromatic carbocycles. The first-order valence-corrected chi connectivity index (χ1v) is 16.1. The standard InChI is InChI=1S/C30H37FN2O7S/c1-5-20-21(31)16-22(32-26(34)14-18-10-8-9-11-18)28-27(20)29(35)33(30(28)36)23(17-41(4,37)38)19-12-13-24(39-6-2)25(15-19)40-7-3/h12-13,15-16,18,23H,5-11,14,17H2,1-4H3,(H,32,34)/t23-/m1/s1. The van der Waals surface area contributed by atoms with Crippen LogP contribution in [0.4, 0.5) is 10.1 Å². The Morgan fingerprint density at radius 3 is 2.27 bits per heavy atom. The molecular weight excluding hydrogens is 551 g/mol. The highest BCUT2D eigenvalue weighted by Gasteiger charge is 2.45. The van der Waals surface area contributed by atoms with Crippen molar-refractivity contribution in [1.82, 2.24) is 4.90 Å². The normalized spacial score (nSPS) is 16.2. The number of rotatable bonds is 12. The summed E-state index contributed by atoms with van der Waals surface area (Å²) in [6, 6.07) is 4.58. The summed E-state index contributed by atoms with van der Waals surface area (Å²) in [6.45, 7) is 5.92. The van der Waals surface area contributed by atoms with E-state index in [2.05, 4.69) is 5.32 Å². The Morgan fingerprint density at radius 1 is 1.02 bits per heavy atom. The molecule has 1 N–H and O–H groups in total. The van der Waals surface area contributed by atoms with E-state index in [1.165, 1.54) is 0 Å². The van der Waals surface area contributed by atoms with E-state index >= 15 is 4.39 Å². The number of fused-ring (bicyclic) bond motifs is 1. The predicted molar refractivity (Wildman–Crippen MR) is 153 cm³/mol. The van der Waals surface area contributed by atoms with Crippen LogP contribution in [0.5, 0.6) is 11.5 Å². The van der Waals surface area contributed by atoms with Gasteiger partial charge in [-0.2, -0.15) is 0 Å². The fourth-order valence-electron chi connectivity index (χ4n) is 5.77. The summed E-state index contributed by atoms with van der Waals surface area (Å²) in [6.07, 6.45) is 5.33. The van der Waals surface area contributed by atoms with Crippen LogP contribution in [0.1, 0.15) is 90.8 Å². The zero-order valence-corrected chi connectivity index (χ0v) is 24.7. The number of sulfone groups is 1. The number of nitrogens with one attached hydrogen (secondary N) is 1. The molecular formula is C30H37FN2O7S. The van der Waals surface area contributed by atoms with Gasteiger partial charge >= 0.3 is 0 Å². The Labute approximate surface area is 240 Å². The number of hydrogen-bond donors (Lipinski definition) is 1. The second-order valence-electron chi connectivity index (χ2n) is 10.6. The number of nitrogens with zero attached hydrogens (tertiary/aromatic N) is 1. The summed E-state index contributed by atoms with van der Waals surface area (Å²) >= 11 is 0. The van der Waals surface area contributed by atoms with Crippen molar-refractivity contribution in [1.29, 1.82) is 0 Å². The molecule has 1 fully saturated rings. The highest BCUT2D eigenvalue weighted by Crippen LogP contribution is 2.41. The van der Waals surface area contributed by atoms with Crippen molar-refractivity contribution in [3.63, 3.8) is 0 Å². The summed E-state index contributed by atoms with van der Waals surface area (Å²) in [5.74, 6) is -2.26. The third-order valence-corrected chi connectivity index (χ3v) is 8.47. The van der Waals surface area contributed by atoms with Gasteiger partial charge in [-0.05, 0) is 62.8 Å². The molecule has 0 radical (unpaired) electrons. The first-order valence-electron chi connectivity index (χ1n) is 14.1. The van der Waals surface area contributed by atoms with E-state index in [4.69, 9.17) is 9.47 Å². The van der Waals surface area contributed by atoms with Crippen molar-refractivity contribution >= 4 is 33.2 Å². The topological polar surface area (TPSA) is 119 Å². The van der Waals surface area contributed by atoms with Gasteiger partial charge in [0.15, 0.2) is 11.5 Å². The van der Waals surface area contributed by atoms with Gasteiger partial charge in [0.1, 0.15) is 15.7 Å². The van der Waals surface area contributed by atoms with Crippen LogP contribution in [0.15, 0.2) is 24.3 Å². The predicted octanol–water partition coefficient (Wildman–Crippen LogP) is 5.09. The van der Waals surface area contributed by atoms with Crippen molar-refractivity contribution in [2.24, 2.45) is 5.92 Å². The third kappa shape index (κ3) is 6.55. The largest absolute Gasteiger partial charge is 0.490 e. The fourth-order valence-corrected chi connectivity index (χ4v) is 6.68. The Bertz CT molecular complexity index is 1450. The van der Waals surface area contributed by atoms with Crippen LogP contribution < -0.4 is 14.8 Å². The molecule has 41 heavy (non-hydrogen) atoms. The van der Waals surface area contributed by atoms with Crippen LogP contribution in [0.2, 0.25) is 0 Å². The van der Waals surface area contributed by atoms with Gasteiger partial charge in [-0.1, -0.05) is 25.8 Å². The smallest absolute Gasteiger partial charge is 0.264 e. The van der Waals surface area contributed by atoms with Gasteiger partial charge in [0, 0.05) is 18.2 Å². The van der Waals surface area contributed by atoms with Gasteiger partial charge in [0.2, 0.25) is 5.91 Å². The first-order chi connectivity index (χ1) is 19.5. The highest BCUT2D eigenvalue weighted by atomic mass is 32.2. The van der Waals surface area contributed by atoms with Crippen LogP contribution >= 0.6 is 0 Å². The maximum absolute atomic E-state index is 15.3. The quantitative estimate of drug-likeness (QED) is 0.343. The monoisotopic (exact) mass is 588 g/mol. The minimum absolute atomic E-state index is 0.0365. The van der Waals surface area contributed by atoms with Crippen molar-refractivity contribution in [2.75, 3.05) is 30.5 Å². The molecule has 0 aromatic heterocycles. The van der Waals surface area contributed by atoms with Gasteiger partial charge < -0.3 is 14.8 Å². The second kappa shape index (κ2) is 12.6. The van der Waals surface area contributed by atoms with Crippen molar-refractivity contribution in [3.05, 3.63) is 52.3 Å². The number of hydrogen-bond acceptors (Lipinski definition) is 7. The Hall–Kier alpha value is -3.47. The van der Waals surface area contributed by atoms with E-state index in [0.29, 0.717) is 30.3 Å². The molecule has 2 aromatic rings. The van der Waals surface area contributed by atoms with Crippen molar-refractivity contribution in [2.45, 2.75) is 65.3 Å². The number of benzene rings is 2. The van der Waals surface area contributed by atoms with E-state index < -0.39 is 39.3 Å². The Kier molecular flexibility index (Phi) is 9.36. The molecule has 1 saturated carbocycles. The summed E-state index contributed by atoms with van der Waals surface area (Å²) in [4.78, 5) is 41.7. The molecule has 11 heteroatoms. The zero-order chi connectivity index (χ0) is 29.9. The van der Waals surface area contributed by atoms with Gasteiger partial charge in [-0.3, -0.25) is 19.3 Å². The number of halogens is 1. The molecule has 4 rings (SSSR count). The minimum Gasteiger partial charge on any atom is -0.490 e. The molecule has 1 heterocycles. The third-order valence-electron chi connectivity index (χ3n) is 7.55. The van der Waals surface area contributed by atoms with Gasteiger partial charge in [-0.25, -0.2) is 12.8 Å². The summed E-state index contributed by atoms with van der Waals surface area (Å²) in [5.41, 5.74) is 0.0144. The maximum Gasteiger partial charge on any atom is 0.264 e. The highest BCUT2D eigenvalue weighted by molar-refractivity contribution is 7.90. The van der Waals surface area contributed by atoms with Crippen LogP contribution in [0.3, 0.4) is 0 Å². The van der Waals surface area contributed by atoms with Crippen LogP contribution in [-0.2, 0) is 21.1 Å². The van der Waals surface area contributed by atoms with E-state index in [9.17, 15) is 22.8 Å². The average Bonchev–Trinajstić information content (AvgIpc) is 3.49. The summed E-state index contributed by atoms with van der Waals surface area (Å²) < 4.78 is 51.7. The zero-order valence-electron chi connectivity index (χ0n) is 23.9. The van der Waals surface area contributed by atoms with Gasteiger partial charge in [0.05, 0.1) is 41.8 Å². The van der Waals surface area contributed by atoms with E-state index in [-0.39, 0.29) is 47.0 Å². The van der Waals surface area contributed by atoms with E-state index in [1.54, 1.807) is 32.0 Å². The average molecular weight is 589 g/mol. The Balaban J connectivity index is 1.79. The molecule has 1 atom stereocenters. The number of imide groups is 1. The van der Waals surface area contributed by atoms with Crippen molar-refractivity contribution in [3.8, 4) is 11.5 Å². The SMILES string of the molecule is CCOc1ccc([C@@H](CS(C)(=O)=O)N2C(=O)c3c(NC(=O)CC4CCCC4)cc(F)c(CC)c3C2=O)cc1OCC. The van der Waals surface area contributed by atoms with Gasteiger partial charge in [0.25, 0.3) is 11.8 Å². The van der Waals surface area contributed by atoms with E-state index in [0.717, 1.165) is 42.9 Å². The lowest BCUT2D eigenvalue weighted by Crippen LogP contribution is -2.38. The molecule has 0 spiro atoms. The van der Waals surface area contributed by atoms with Crippen LogP contribution in [0, 0.1) is 11.7 Å². The summed E-state index contributed by atoms with van der Waals surface area (Å²) in [7, 11) is -3.72. The first kappa shape index (κ1) is 30.5. The lowest BCUT2D eigenvalue weighted by molar-refractivity contribution is -0.117. The number of ether oxygens (including phenoxy) is 2. The molecule has 1 aliphatic carbocycles. The number of amides is 3. The maximum atomic E-state index is 15.3.